The highest BCUT2D eigenvalue weighted by Crippen LogP contribution is 2.22. The van der Waals surface area contributed by atoms with Gasteiger partial charge in [0.25, 0.3) is 0 Å². The number of carbonyl (C=O) groups excluding carboxylic acids is 4. The van der Waals surface area contributed by atoms with Crippen molar-refractivity contribution in [1.29, 1.82) is 0 Å². The van der Waals surface area contributed by atoms with Gasteiger partial charge in [0.15, 0.2) is 0 Å². The standard InChI is InChI=1S/C24H28N4O5/c1-2-33-24(32)27-19-7-4-3-6-18(19)14-21(29)28-13-5-8-20(28)23(31)26-15-16-9-11-17(12-10-16)22(25)30/h3-4,6-7,9-12,20H,2,5,8,13-15H2,1H3,(H2,25,30)(H,26,31)(H,27,32)/t20-/m0/s1. The van der Waals surface area contributed by atoms with E-state index >= 15 is 0 Å². The number of amides is 4. The third kappa shape index (κ3) is 6.31. The molecule has 0 spiro atoms. The highest BCUT2D eigenvalue weighted by atomic mass is 16.5. The van der Waals surface area contributed by atoms with Crippen LogP contribution in [0.25, 0.3) is 0 Å². The first-order valence-corrected chi connectivity index (χ1v) is 10.9. The van der Waals surface area contributed by atoms with Crippen LogP contribution in [-0.2, 0) is 27.3 Å². The summed E-state index contributed by atoms with van der Waals surface area (Å²) in [5.41, 5.74) is 7.61. The van der Waals surface area contributed by atoms with Crippen molar-refractivity contribution in [3.8, 4) is 0 Å². The minimum Gasteiger partial charge on any atom is -0.450 e. The number of carbonyl (C=O) groups is 4. The van der Waals surface area contributed by atoms with Gasteiger partial charge < -0.3 is 20.7 Å². The van der Waals surface area contributed by atoms with Gasteiger partial charge in [0.2, 0.25) is 17.7 Å². The van der Waals surface area contributed by atoms with Crippen molar-refractivity contribution in [3.05, 3.63) is 65.2 Å². The van der Waals surface area contributed by atoms with E-state index in [1.807, 2.05) is 0 Å². The Hall–Kier alpha value is -3.88. The van der Waals surface area contributed by atoms with Crippen LogP contribution in [0.3, 0.4) is 0 Å². The average Bonchev–Trinajstić information content (AvgIpc) is 3.29. The molecule has 33 heavy (non-hydrogen) atoms. The predicted molar refractivity (Wildman–Crippen MR) is 122 cm³/mol. The van der Waals surface area contributed by atoms with E-state index in [-0.39, 0.29) is 31.4 Å². The number of ether oxygens (including phenoxy) is 1. The molecule has 0 aromatic heterocycles. The number of nitrogens with two attached hydrogens (primary N) is 1. The van der Waals surface area contributed by atoms with Crippen LogP contribution < -0.4 is 16.4 Å². The highest BCUT2D eigenvalue weighted by molar-refractivity contribution is 5.93. The molecule has 1 aliphatic heterocycles. The Morgan fingerprint density at radius 1 is 1.09 bits per heavy atom. The first-order chi connectivity index (χ1) is 15.9. The number of anilines is 1. The first kappa shape index (κ1) is 23.8. The number of hydrogen-bond acceptors (Lipinski definition) is 5. The third-order valence-corrected chi connectivity index (χ3v) is 5.45. The van der Waals surface area contributed by atoms with Crippen molar-refractivity contribution in [2.24, 2.45) is 5.73 Å². The summed E-state index contributed by atoms with van der Waals surface area (Å²) in [7, 11) is 0. The van der Waals surface area contributed by atoms with Crippen LogP contribution in [0, 0.1) is 0 Å². The van der Waals surface area contributed by atoms with E-state index in [1.54, 1.807) is 60.4 Å². The lowest BCUT2D eigenvalue weighted by Gasteiger charge is -2.24. The molecule has 2 aromatic rings. The number of rotatable bonds is 8. The molecular weight excluding hydrogens is 424 g/mol. The molecule has 1 atom stereocenters. The summed E-state index contributed by atoms with van der Waals surface area (Å²) in [6.07, 6.45) is 0.793. The zero-order valence-electron chi connectivity index (χ0n) is 18.5. The van der Waals surface area contributed by atoms with Gasteiger partial charge in [-0.05, 0) is 49.1 Å². The monoisotopic (exact) mass is 452 g/mol. The number of nitrogens with one attached hydrogen (secondary N) is 2. The summed E-state index contributed by atoms with van der Waals surface area (Å²) in [5, 5.41) is 5.52. The SMILES string of the molecule is CCOC(=O)Nc1ccccc1CC(=O)N1CCC[C@H]1C(=O)NCc1ccc(C(N)=O)cc1. The van der Waals surface area contributed by atoms with E-state index < -0.39 is 18.0 Å². The van der Waals surface area contributed by atoms with Crippen LogP contribution in [0.5, 0.6) is 0 Å². The average molecular weight is 453 g/mol. The van der Waals surface area contributed by atoms with Crippen LogP contribution in [0.2, 0.25) is 0 Å². The summed E-state index contributed by atoms with van der Waals surface area (Å²) in [6, 6.07) is 13.1. The van der Waals surface area contributed by atoms with E-state index in [0.717, 1.165) is 12.0 Å². The maximum absolute atomic E-state index is 13.0. The Bertz CT molecular complexity index is 1020. The Morgan fingerprint density at radius 3 is 2.52 bits per heavy atom. The molecule has 4 amide bonds. The molecule has 2 aromatic carbocycles. The lowest BCUT2D eigenvalue weighted by Crippen LogP contribution is -2.46. The molecule has 4 N–H and O–H groups in total. The van der Waals surface area contributed by atoms with Crippen molar-refractivity contribution in [1.82, 2.24) is 10.2 Å². The summed E-state index contributed by atoms with van der Waals surface area (Å²) < 4.78 is 4.91. The largest absolute Gasteiger partial charge is 0.450 e. The molecular formula is C24H28N4O5. The number of nitrogens with zero attached hydrogens (tertiary/aromatic N) is 1. The third-order valence-electron chi connectivity index (χ3n) is 5.45. The van der Waals surface area contributed by atoms with Crippen molar-refractivity contribution in [3.63, 3.8) is 0 Å². The Kier molecular flexibility index (Phi) is 8.01. The minimum atomic E-state index is -0.584. The quantitative estimate of drug-likeness (QED) is 0.565. The topological polar surface area (TPSA) is 131 Å². The van der Waals surface area contributed by atoms with Crippen molar-refractivity contribution >= 4 is 29.5 Å². The fourth-order valence-electron chi connectivity index (χ4n) is 3.77. The van der Waals surface area contributed by atoms with Crippen LogP contribution in [-0.4, -0.2) is 47.9 Å². The molecule has 9 heteroatoms. The Labute approximate surface area is 192 Å². The van der Waals surface area contributed by atoms with E-state index in [0.29, 0.717) is 29.8 Å². The molecule has 1 heterocycles. The maximum Gasteiger partial charge on any atom is 0.411 e. The summed E-state index contributed by atoms with van der Waals surface area (Å²) in [4.78, 5) is 50.4. The molecule has 0 unspecified atom stereocenters. The first-order valence-electron chi connectivity index (χ1n) is 10.9. The van der Waals surface area contributed by atoms with Crippen LogP contribution >= 0.6 is 0 Å². The van der Waals surface area contributed by atoms with Crippen molar-refractivity contribution in [2.45, 2.75) is 38.8 Å². The predicted octanol–water partition coefficient (Wildman–Crippen LogP) is 2.20. The second-order valence-electron chi connectivity index (χ2n) is 7.70. The smallest absolute Gasteiger partial charge is 0.411 e. The van der Waals surface area contributed by atoms with Crippen LogP contribution in [0.4, 0.5) is 10.5 Å². The van der Waals surface area contributed by atoms with E-state index in [4.69, 9.17) is 10.5 Å². The van der Waals surface area contributed by atoms with Crippen molar-refractivity contribution < 1.29 is 23.9 Å². The Morgan fingerprint density at radius 2 is 1.82 bits per heavy atom. The highest BCUT2D eigenvalue weighted by Gasteiger charge is 2.34. The van der Waals surface area contributed by atoms with Gasteiger partial charge in [-0.1, -0.05) is 30.3 Å². The summed E-state index contributed by atoms with van der Waals surface area (Å²) in [6.45, 7) is 2.73. The van der Waals surface area contributed by atoms with Gasteiger partial charge in [-0.25, -0.2) is 4.79 Å². The van der Waals surface area contributed by atoms with E-state index in [1.165, 1.54) is 0 Å². The van der Waals surface area contributed by atoms with Gasteiger partial charge in [-0.2, -0.15) is 0 Å². The number of benzene rings is 2. The zero-order chi connectivity index (χ0) is 23.8. The van der Waals surface area contributed by atoms with E-state index in [9.17, 15) is 19.2 Å². The van der Waals surface area contributed by atoms with Gasteiger partial charge >= 0.3 is 6.09 Å². The number of primary amides is 1. The summed E-state index contributed by atoms with van der Waals surface area (Å²) >= 11 is 0. The number of para-hydroxylation sites is 1. The molecule has 9 nitrogen and oxygen atoms in total. The molecule has 1 saturated heterocycles. The second-order valence-corrected chi connectivity index (χ2v) is 7.70. The van der Waals surface area contributed by atoms with Gasteiger partial charge in [0, 0.05) is 24.3 Å². The van der Waals surface area contributed by atoms with E-state index in [2.05, 4.69) is 10.6 Å². The fourth-order valence-corrected chi connectivity index (χ4v) is 3.77. The zero-order valence-corrected chi connectivity index (χ0v) is 18.5. The lowest BCUT2D eigenvalue weighted by atomic mass is 10.1. The molecule has 1 aliphatic rings. The molecule has 0 radical (unpaired) electrons. The molecule has 3 rings (SSSR count). The van der Waals surface area contributed by atoms with Gasteiger partial charge in [-0.15, -0.1) is 0 Å². The van der Waals surface area contributed by atoms with Gasteiger partial charge in [0.05, 0.1) is 13.0 Å². The molecule has 174 valence electrons. The Balaban J connectivity index is 1.60. The van der Waals surface area contributed by atoms with Crippen LogP contribution in [0.1, 0.15) is 41.3 Å². The van der Waals surface area contributed by atoms with Crippen molar-refractivity contribution in [2.75, 3.05) is 18.5 Å². The fraction of sp³-hybridized carbons (Fsp3) is 0.333. The molecule has 0 aliphatic carbocycles. The molecule has 1 fully saturated rings. The summed E-state index contributed by atoms with van der Waals surface area (Å²) in [5.74, 6) is -0.918. The lowest BCUT2D eigenvalue weighted by molar-refractivity contribution is -0.138. The minimum absolute atomic E-state index is 0.0565. The molecule has 0 saturated carbocycles. The second kappa shape index (κ2) is 11.1. The van der Waals surface area contributed by atoms with Gasteiger partial charge in [-0.3, -0.25) is 19.7 Å². The molecule has 0 bridgehead atoms. The van der Waals surface area contributed by atoms with Gasteiger partial charge in [0.1, 0.15) is 6.04 Å². The van der Waals surface area contributed by atoms with Crippen LogP contribution in [0.15, 0.2) is 48.5 Å². The number of likely N-dealkylation sites (tertiary alicyclic amines) is 1. The maximum atomic E-state index is 13.0. The normalized spacial score (nSPS) is 15.1. The number of hydrogen-bond donors (Lipinski definition) is 3.